The van der Waals surface area contributed by atoms with Gasteiger partial charge in [-0.2, -0.15) is 0 Å². The molecule has 0 radical (unpaired) electrons. The Bertz CT molecular complexity index is 130. The molecule has 0 aromatic heterocycles. The van der Waals surface area contributed by atoms with Crippen molar-refractivity contribution in [2.45, 2.75) is 26.2 Å². The normalized spacial score (nSPS) is 38.4. The summed E-state index contributed by atoms with van der Waals surface area (Å²) in [5.41, 5.74) is 0.786. The van der Waals surface area contributed by atoms with E-state index in [2.05, 4.69) is 18.9 Å². The third-order valence-electron chi connectivity index (χ3n) is 3.16. The number of hydrogen-bond acceptors (Lipinski definition) is 1. The molecule has 0 aromatic rings. The van der Waals surface area contributed by atoms with Crippen molar-refractivity contribution in [1.82, 2.24) is 4.90 Å². The number of nitrogens with zero attached hydrogens (tertiary/aromatic N) is 1. The molecular formula is C9H17N. The van der Waals surface area contributed by atoms with E-state index in [1.165, 1.54) is 32.4 Å². The van der Waals surface area contributed by atoms with Crippen LogP contribution in [-0.4, -0.2) is 25.0 Å². The van der Waals surface area contributed by atoms with E-state index in [0.717, 1.165) is 11.3 Å². The lowest BCUT2D eigenvalue weighted by Gasteiger charge is -2.46. The number of hydrogen-bond donors (Lipinski definition) is 0. The number of rotatable bonds is 0. The van der Waals surface area contributed by atoms with Gasteiger partial charge in [0.15, 0.2) is 0 Å². The van der Waals surface area contributed by atoms with Gasteiger partial charge in [0.05, 0.1) is 0 Å². The molecule has 0 aromatic carbocycles. The van der Waals surface area contributed by atoms with Gasteiger partial charge in [0, 0.05) is 13.1 Å². The van der Waals surface area contributed by atoms with Crippen LogP contribution in [0.15, 0.2) is 0 Å². The van der Waals surface area contributed by atoms with Gasteiger partial charge in [-0.1, -0.05) is 13.3 Å². The zero-order valence-corrected chi connectivity index (χ0v) is 7.06. The molecule has 1 saturated heterocycles. The molecular weight excluding hydrogens is 122 g/mol. The standard InChI is InChI=1S/C9H17N/c1-8-3-4-9(5-8)6-10(2)7-9/h8H,3-7H2,1-2H3/t8-/m0/s1. The van der Waals surface area contributed by atoms with Crippen molar-refractivity contribution in [3.63, 3.8) is 0 Å². The smallest absolute Gasteiger partial charge is 0.00475 e. The highest BCUT2D eigenvalue weighted by Gasteiger charge is 2.45. The van der Waals surface area contributed by atoms with Crippen LogP contribution in [0.2, 0.25) is 0 Å². The summed E-state index contributed by atoms with van der Waals surface area (Å²) in [6.07, 6.45) is 4.48. The van der Waals surface area contributed by atoms with Crippen LogP contribution in [0.25, 0.3) is 0 Å². The first-order valence-corrected chi connectivity index (χ1v) is 4.39. The lowest BCUT2D eigenvalue weighted by molar-refractivity contribution is 0.0258. The van der Waals surface area contributed by atoms with E-state index in [0.29, 0.717) is 0 Å². The average molecular weight is 139 g/mol. The fourth-order valence-corrected chi connectivity index (χ4v) is 2.88. The van der Waals surface area contributed by atoms with Crippen molar-refractivity contribution in [2.75, 3.05) is 20.1 Å². The van der Waals surface area contributed by atoms with Crippen LogP contribution in [0.1, 0.15) is 26.2 Å². The average Bonchev–Trinajstić information content (AvgIpc) is 2.10. The van der Waals surface area contributed by atoms with Crippen LogP contribution in [0.5, 0.6) is 0 Å². The molecule has 2 aliphatic rings. The molecule has 0 amide bonds. The summed E-state index contributed by atoms with van der Waals surface area (Å²) < 4.78 is 0. The predicted octanol–water partition coefficient (Wildman–Crippen LogP) is 1.74. The predicted molar refractivity (Wildman–Crippen MR) is 42.9 cm³/mol. The van der Waals surface area contributed by atoms with Gasteiger partial charge in [-0.15, -0.1) is 0 Å². The molecule has 0 N–H and O–H groups in total. The molecule has 1 aliphatic heterocycles. The molecule has 1 nitrogen and oxygen atoms in total. The van der Waals surface area contributed by atoms with Crippen molar-refractivity contribution in [1.29, 1.82) is 0 Å². The zero-order chi connectivity index (χ0) is 7.19. The molecule has 1 saturated carbocycles. The second-order valence-electron chi connectivity index (χ2n) is 4.52. The Labute approximate surface area is 63.4 Å². The second-order valence-corrected chi connectivity index (χ2v) is 4.52. The second kappa shape index (κ2) is 1.97. The summed E-state index contributed by atoms with van der Waals surface area (Å²) in [5, 5.41) is 0. The van der Waals surface area contributed by atoms with Gasteiger partial charge in [0.1, 0.15) is 0 Å². The summed E-state index contributed by atoms with van der Waals surface area (Å²) in [5.74, 6) is 1.01. The monoisotopic (exact) mass is 139 g/mol. The molecule has 1 atom stereocenters. The Balaban J connectivity index is 1.95. The van der Waals surface area contributed by atoms with E-state index in [-0.39, 0.29) is 0 Å². The van der Waals surface area contributed by atoms with Gasteiger partial charge in [-0.3, -0.25) is 0 Å². The molecule has 0 unspecified atom stereocenters. The summed E-state index contributed by atoms with van der Waals surface area (Å²) >= 11 is 0. The maximum Gasteiger partial charge on any atom is 0.00475 e. The third-order valence-corrected chi connectivity index (χ3v) is 3.16. The van der Waals surface area contributed by atoms with Crippen LogP contribution in [0, 0.1) is 11.3 Å². The first kappa shape index (κ1) is 6.66. The van der Waals surface area contributed by atoms with E-state index in [9.17, 15) is 0 Å². The van der Waals surface area contributed by atoms with Gasteiger partial charge >= 0.3 is 0 Å². The first-order valence-electron chi connectivity index (χ1n) is 4.39. The van der Waals surface area contributed by atoms with E-state index in [1.807, 2.05) is 0 Å². The van der Waals surface area contributed by atoms with Crippen LogP contribution < -0.4 is 0 Å². The van der Waals surface area contributed by atoms with Crippen LogP contribution >= 0.6 is 0 Å². The molecule has 58 valence electrons. The highest BCUT2D eigenvalue weighted by atomic mass is 15.2. The molecule has 2 rings (SSSR count). The SMILES string of the molecule is C[C@H]1CCC2(C1)CN(C)C2. The van der Waals surface area contributed by atoms with Gasteiger partial charge < -0.3 is 4.90 Å². The van der Waals surface area contributed by atoms with Crippen LogP contribution in [0.3, 0.4) is 0 Å². The highest BCUT2D eigenvalue weighted by molar-refractivity contribution is 4.98. The van der Waals surface area contributed by atoms with E-state index >= 15 is 0 Å². The molecule has 1 aliphatic carbocycles. The largest absolute Gasteiger partial charge is 0.305 e. The summed E-state index contributed by atoms with van der Waals surface area (Å²) in [4.78, 5) is 2.44. The molecule has 10 heavy (non-hydrogen) atoms. The van der Waals surface area contributed by atoms with Crippen molar-refractivity contribution in [2.24, 2.45) is 11.3 Å². The van der Waals surface area contributed by atoms with Gasteiger partial charge in [-0.05, 0) is 31.2 Å². The van der Waals surface area contributed by atoms with Crippen molar-refractivity contribution in [3.05, 3.63) is 0 Å². The van der Waals surface area contributed by atoms with Gasteiger partial charge in [-0.25, -0.2) is 0 Å². The van der Waals surface area contributed by atoms with Crippen LogP contribution in [0.4, 0.5) is 0 Å². The molecule has 1 heterocycles. The maximum atomic E-state index is 2.44. The van der Waals surface area contributed by atoms with E-state index < -0.39 is 0 Å². The summed E-state index contributed by atoms with van der Waals surface area (Å²) in [6.45, 7) is 5.14. The Kier molecular flexibility index (Phi) is 1.31. The van der Waals surface area contributed by atoms with E-state index in [4.69, 9.17) is 0 Å². The summed E-state index contributed by atoms with van der Waals surface area (Å²) in [6, 6.07) is 0. The lowest BCUT2D eigenvalue weighted by atomic mass is 9.78. The zero-order valence-electron chi connectivity index (χ0n) is 7.06. The fraction of sp³-hybridized carbons (Fsp3) is 1.00. The maximum absolute atomic E-state index is 2.44. The Morgan fingerprint density at radius 1 is 1.40 bits per heavy atom. The van der Waals surface area contributed by atoms with Gasteiger partial charge in [0.2, 0.25) is 0 Å². The lowest BCUT2D eigenvalue weighted by Crippen LogP contribution is -2.52. The van der Waals surface area contributed by atoms with Gasteiger partial charge in [0.25, 0.3) is 0 Å². The quantitative estimate of drug-likeness (QED) is 0.494. The van der Waals surface area contributed by atoms with Crippen molar-refractivity contribution < 1.29 is 0 Å². The molecule has 0 bridgehead atoms. The molecule has 1 heteroatoms. The minimum atomic E-state index is 0.786. The topological polar surface area (TPSA) is 3.24 Å². The van der Waals surface area contributed by atoms with Crippen molar-refractivity contribution in [3.8, 4) is 0 Å². The number of likely N-dealkylation sites (tertiary alicyclic amines) is 1. The molecule has 1 spiro atoms. The Hall–Kier alpha value is -0.0400. The molecule has 2 fully saturated rings. The highest BCUT2D eigenvalue weighted by Crippen LogP contribution is 2.47. The van der Waals surface area contributed by atoms with Crippen LogP contribution in [-0.2, 0) is 0 Å². The fourth-order valence-electron chi connectivity index (χ4n) is 2.88. The minimum absolute atomic E-state index is 0.786. The Morgan fingerprint density at radius 3 is 2.50 bits per heavy atom. The Morgan fingerprint density at radius 2 is 2.10 bits per heavy atom. The third kappa shape index (κ3) is 0.878. The first-order chi connectivity index (χ1) is 4.70. The summed E-state index contributed by atoms with van der Waals surface area (Å²) in [7, 11) is 2.23. The minimum Gasteiger partial charge on any atom is -0.305 e. The van der Waals surface area contributed by atoms with Crippen molar-refractivity contribution >= 4 is 0 Å². The van der Waals surface area contributed by atoms with E-state index in [1.54, 1.807) is 0 Å².